The monoisotopic (exact) mass is 342 g/mol. The molecule has 6 aliphatic rings. The zero-order chi connectivity index (χ0) is 16.7. The largest absolute Gasteiger partial charge is 0.594 e. The molecule has 6 atom stereocenters. The number of hydrogen-bond acceptors (Lipinski definition) is 4. The molecule has 0 saturated heterocycles. The molecule has 7 heteroatoms. The molecule has 6 rings (SSSR count). The SMILES string of the molecule is CCC1=[N+]2CC3C([N+]([O-])=NC4=CC5C[N+]6=CC5C(C4)O6)=CCC(O2)C13. The summed E-state index contributed by atoms with van der Waals surface area (Å²) < 4.78 is 3.97. The first kappa shape index (κ1) is 14.0. The van der Waals surface area contributed by atoms with Crippen LogP contribution in [0.1, 0.15) is 26.2 Å². The molecule has 130 valence electrons. The van der Waals surface area contributed by atoms with E-state index in [2.05, 4.69) is 24.3 Å². The molecule has 4 aliphatic heterocycles. The molecule has 0 aromatic heterocycles. The van der Waals surface area contributed by atoms with Crippen molar-refractivity contribution in [3.63, 3.8) is 0 Å². The predicted octanol–water partition coefficient (Wildman–Crippen LogP) is 1.59. The molecule has 7 nitrogen and oxygen atoms in total. The average molecular weight is 342 g/mol. The first-order chi connectivity index (χ1) is 12.2. The summed E-state index contributed by atoms with van der Waals surface area (Å²) in [5, 5.41) is 17.3. The number of nitrogens with zero attached hydrogens (tertiary/aromatic N) is 4. The molecule has 0 aromatic carbocycles. The van der Waals surface area contributed by atoms with Crippen LogP contribution in [0.15, 0.2) is 28.7 Å². The summed E-state index contributed by atoms with van der Waals surface area (Å²) in [5.41, 5.74) is 3.03. The second-order valence-electron chi connectivity index (χ2n) is 7.92. The third-order valence-corrected chi connectivity index (χ3v) is 6.65. The maximum atomic E-state index is 12.9. The standard InChI is InChI=1S/C18H22N4O3/c1-2-14-18-13-9-21(14)25-16(18)4-3-15(13)22(23)19-11-5-10-7-20-8-12(10)17(6-11)24-20/h3,5,8,10,12-13,16-18H,2,4,6-7,9H2,1H3/q+2. The zero-order valence-corrected chi connectivity index (χ0v) is 14.2. The van der Waals surface area contributed by atoms with Gasteiger partial charge in [-0.3, -0.25) is 9.68 Å². The van der Waals surface area contributed by atoms with Gasteiger partial charge in [0.15, 0.2) is 18.8 Å². The van der Waals surface area contributed by atoms with Crippen LogP contribution < -0.4 is 0 Å². The second-order valence-corrected chi connectivity index (χ2v) is 7.92. The van der Waals surface area contributed by atoms with Crippen LogP contribution in [-0.2, 0) is 9.68 Å². The first-order valence-corrected chi connectivity index (χ1v) is 9.39. The van der Waals surface area contributed by atoms with Gasteiger partial charge in [0.1, 0.15) is 17.5 Å². The fourth-order valence-electron chi connectivity index (χ4n) is 5.60. The molecule has 0 aromatic rings. The lowest BCUT2D eigenvalue weighted by Crippen LogP contribution is -2.40. The Kier molecular flexibility index (Phi) is 2.64. The quantitative estimate of drug-likeness (QED) is 0.444. The highest BCUT2D eigenvalue weighted by Crippen LogP contribution is 2.44. The molecule has 0 saturated carbocycles. The second kappa shape index (κ2) is 4.71. The molecule has 4 heterocycles. The average Bonchev–Trinajstić information content (AvgIpc) is 3.31. The topological polar surface area (TPSA) is 62.9 Å². The Morgan fingerprint density at radius 3 is 3.00 bits per heavy atom. The van der Waals surface area contributed by atoms with Gasteiger partial charge >= 0.3 is 0 Å². The van der Waals surface area contributed by atoms with Crippen molar-refractivity contribution >= 4 is 11.9 Å². The van der Waals surface area contributed by atoms with E-state index in [0.29, 0.717) is 17.8 Å². The summed E-state index contributed by atoms with van der Waals surface area (Å²) in [6, 6.07) is 0. The molecule has 0 radical (unpaired) electrons. The van der Waals surface area contributed by atoms with Crippen LogP contribution in [0.2, 0.25) is 0 Å². The maximum Gasteiger partial charge on any atom is 0.228 e. The Morgan fingerprint density at radius 2 is 2.24 bits per heavy atom. The van der Waals surface area contributed by atoms with Gasteiger partial charge in [0.25, 0.3) is 0 Å². The van der Waals surface area contributed by atoms with Gasteiger partial charge in [-0.1, -0.05) is 11.8 Å². The van der Waals surface area contributed by atoms with E-state index >= 15 is 0 Å². The van der Waals surface area contributed by atoms with Crippen molar-refractivity contribution in [1.82, 2.24) is 0 Å². The summed E-state index contributed by atoms with van der Waals surface area (Å²) >= 11 is 0. The van der Waals surface area contributed by atoms with Crippen molar-refractivity contribution in [3.8, 4) is 0 Å². The van der Waals surface area contributed by atoms with Crippen LogP contribution in [0.5, 0.6) is 0 Å². The van der Waals surface area contributed by atoms with E-state index in [9.17, 15) is 5.21 Å². The normalized spacial score (nSPS) is 42.9. The van der Waals surface area contributed by atoms with Crippen LogP contribution in [-0.4, -0.2) is 51.6 Å². The van der Waals surface area contributed by atoms with Crippen LogP contribution in [0.25, 0.3) is 0 Å². The Morgan fingerprint density at radius 1 is 1.32 bits per heavy atom. The van der Waals surface area contributed by atoms with Crippen molar-refractivity contribution in [3.05, 3.63) is 28.8 Å². The van der Waals surface area contributed by atoms with E-state index in [0.717, 1.165) is 48.6 Å². The van der Waals surface area contributed by atoms with Gasteiger partial charge in [-0.2, -0.15) is 0 Å². The van der Waals surface area contributed by atoms with Crippen molar-refractivity contribution in [2.75, 3.05) is 13.1 Å². The molecule has 0 spiro atoms. The number of azo groups is 1. The van der Waals surface area contributed by atoms with E-state index < -0.39 is 0 Å². The van der Waals surface area contributed by atoms with Crippen LogP contribution in [0.3, 0.4) is 0 Å². The lowest BCUT2D eigenvalue weighted by molar-refractivity contribution is -0.796. The van der Waals surface area contributed by atoms with E-state index in [1.54, 1.807) is 0 Å². The number of hydrogen-bond donors (Lipinski definition) is 0. The number of hydroxylamine groups is 3. The Hall–Kier alpha value is -2.18. The molecule has 4 bridgehead atoms. The van der Waals surface area contributed by atoms with E-state index in [4.69, 9.17) is 9.68 Å². The third kappa shape index (κ3) is 1.81. The van der Waals surface area contributed by atoms with Crippen molar-refractivity contribution in [1.29, 1.82) is 0 Å². The van der Waals surface area contributed by atoms with Crippen molar-refractivity contribution in [2.45, 2.75) is 38.4 Å². The summed E-state index contributed by atoms with van der Waals surface area (Å²) in [7, 11) is 0. The highest BCUT2D eigenvalue weighted by atomic mass is 16.7. The molecule has 0 N–H and O–H groups in total. The lowest BCUT2D eigenvalue weighted by atomic mass is 9.78. The lowest BCUT2D eigenvalue weighted by Gasteiger charge is -2.27. The van der Waals surface area contributed by atoms with Gasteiger partial charge in [0, 0.05) is 24.4 Å². The third-order valence-electron chi connectivity index (χ3n) is 6.65. The van der Waals surface area contributed by atoms with Crippen molar-refractivity contribution < 1.29 is 24.0 Å². The highest BCUT2D eigenvalue weighted by Gasteiger charge is 2.61. The van der Waals surface area contributed by atoms with Gasteiger partial charge < -0.3 is 5.21 Å². The summed E-state index contributed by atoms with van der Waals surface area (Å²) in [6.07, 6.45) is 9.26. The van der Waals surface area contributed by atoms with Crippen LogP contribution in [0.4, 0.5) is 0 Å². The van der Waals surface area contributed by atoms with E-state index in [1.807, 2.05) is 15.6 Å². The van der Waals surface area contributed by atoms with Gasteiger partial charge in [-0.25, -0.2) is 0 Å². The number of rotatable bonds is 3. The Balaban J connectivity index is 1.28. The smallest absolute Gasteiger partial charge is 0.228 e. The molecule has 0 amide bonds. The Labute approximate surface area is 145 Å². The summed E-state index contributed by atoms with van der Waals surface area (Å²) in [4.78, 5) is 12.7. The first-order valence-electron chi connectivity index (χ1n) is 9.39. The minimum Gasteiger partial charge on any atom is -0.594 e. The van der Waals surface area contributed by atoms with Crippen molar-refractivity contribution in [2.24, 2.45) is 28.8 Å². The molecule has 0 fully saturated rings. The molecular formula is C18H22N4O3+2. The zero-order valence-electron chi connectivity index (χ0n) is 14.2. The maximum absolute atomic E-state index is 12.9. The van der Waals surface area contributed by atoms with Gasteiger partial charge in [-0.15, -0.1) is 0 Å². The van der Waals surface area contributed by atoms with E-state index in [1.165, 1.54) is 5.71 Å². The predicted molar refractivity (Wildman–Crippen MR) is 86.8 cm³/mol. The van der Waals surface area contributed by atoms with E-state index in [-0.39, 0.29) is 18.1 Å². The molecular weight excluding hydrogens is 320 g/mol. The minimum atomic E-state index is 0.155. The minimum absolute atomic E-state index is 0.155. The van der Waals surface area contributed by atoms with Crippen LogP contribution in [0, 0.1) is 28.9 Å². The molecule has 6 unspecified atom stereocenters. The summed E-state index contributed by atoms with van der Waals surface area (Å²) in [6.45, 7) is 3.83. The fraction of sp³-hybridized carbons (Fsp3) is 0.667. The highest BCUT2D eigenvalue weighted by molar-refractivity contribution is 5.85. The molecule has 25 heavy (non-hydrogen) atoms. The van der Waals surface area contributed by atoms with Gasteiger partial charge in [-0.05, 0) is 21.6 Å². The van der Waals surface area contributed by atoms with Crippen LogP contribution >= 0.6 is 0 Å². The molecule has 2 aliphatic carbocycles. The Bertz CT molecular complexity index is 824. The summed E-state index contributed by atoms with van der Waals surface area (Å²) in [5.74, 6) is 1.47. The van der Waals surface area contributed by atoms with Gasteiger partial charge in [0.2, 0.25) is 24.2 Å². The van der Waals surface area contributed by atoms with Gasteiger partial charge in [0.05, 0.1) is 11.8 Å². The fourth-order valence-corrected chi connectivity index (χ4v) is 5.60.